The monoisotopic (exact) mass is 291 g/mol. The van der Waals surface area contributed by atoms with E-state index < -0.39 is 11.2 Å². The summed E-state index contributed by atoms with van der Waals surface area (Å²) >= 11 is 0. The van der Waals surface area contributed by atoms with Gasteiger partial charge in [0.05, 0.1) is 11.1 Å². The third-order valence-corrected chi connectivity index (χ3v) is 4.63. The van der Waals surface area contributed by atoms with Gasteiger partial charge in [0.25, 0.3) is 0 Å². The zero-order valence-electron chi connectivity index (χ0n) is 11.8. The highest BCUT2D eigenvalue weighted by atomic mass is 19.1. The van der Waals surface area contributed by atoms with Gasteiger partial charge in [0, 0.05) is 12.5 Å². The molecule has 4 nitrogen and oxygen atoms in total. The second-order valence-electron chi connectivity index (χ2n) is 6.04. The molecule has 1 N–H and O–H groups in total. The van der Waals surface area contributed by atoms with E-state index in [1.807, 2.05) is 0 Å². The number of hydrogen-bond acceptors (Lipinski definition) is 3. The Labute approximate surface area is 122 Å². The lowest BCUT2D eigenvalue weighted by Crippen LogP contribution is -2.36. The number of hydrogen-bond donors (Lipinski definition) is 1. The minimum atomic E-state index is -0.748. The zero-order valence-corrected chi connectivity index (χ0v) is 11.8. The molecule has 1 heterocycles. The largest absolute Gasteiger partial charge is 0.508 e. The fourth-order valence-corrected chi connectivity index (χ4v) is 3.51. The molecule has 1 aliphatic carbocycles. The fraction of sp³-hybridized carbons (Fsp3) is 0.500. The number of aromatic hydroxyl groups is 1. The second kappa shape index (κ2) is 5.13. The van der Waals surface area contributed by atoms with Crippen LogP contribution in [0.2, 0.25) is 0 Å². The summed E-state index contributed by atoms with van der Waals surface area (Å²) in [6.45, 7) is 0. The summed E-state index contributed by atoms with van der Waals surface area (Å²) in [7, 11) is 0. The van der Waals surface area contributed by atoms with Crippen molar-refractivity contribution in [3.8, 4) is 5.75 Å². The van der Waals surface area contributed by atoms with Crippen LogP contribution in [0.25, 0.3) is 0 Å². The molecule has 0 aromatic heterocycles. The van der Waals surface area contributed by atoms with Crippen molar-refractivity contribution in [3.63, 3.8) is 0 Å². The number of benzene rings is 1. The second-order valence-corrected chi connectivity index (χ2v) is 6.04. The summed E-state index contributed by atoms with van der Waals surface area (Å²) < 4.78 is 14.0. The lowest BCUT2D eigenvalue weighted by molar-refractivity contribution is -0.126. The van der Waals surface area contributed by atoms with Crippen LogP contribution in [0.1, 0.15) is 44.9 Å². The standard InChI is InChI=1S/C16H18FNO3/c17-12-9-11(19)5-6-13(12)18-14(20)10-16(15(18)21)7-3-1-2-4-8-16/h5-6,9,19H,1-4,7-8,10H2. The lowest BCUT2D eigenvalue weighted by atomic mass is 9.79. The molecule has 0 atom stereocenters. The van der Waals surface area contributed by atoms with E-state index in [4.69, 9.17) is 0 Å². The van der Waals surface area contributed by atoms with E-state index in [2.05, 4.69) is 0 Å². The molecule has 21 heavy (non-hydrogen) atoms. The maximum absolute atomic E-state index is 14.0. The van der Waals surface area contributed by atoms with Crippen molar-refractivity contribution in [3.05, 3.63) is 24.0 Å². The molecule has 1 spiro atoms. The first kappa shape index (κ1) is 14.0. The first-order chi connectivity index (χ1) is 10.0. The van der Waals surface area contributed by atoms with Crippen LogP contribution < -0.4 is 4.90 Å². The van der Waals surface area contributed by atoms with Crippen molar-refractivity contribution >= 4 is 17.5 Å². The maximum Gasteiger partial charge on any atom is 0.240 e. The van der Waals surface area contributed by atoms with Gasteiger partial charge in [-0.1, -0.05) is 25.7 Å². The lowest BCUT2D eigenvalue weighted by Gasteiger charge is -2.25. The quantitative estimate of drug-likeness (QED) is 0.809. The minimum Gasteiger partial charge on any atom is -0.508 e. The maximum atomic E-state index is 14.0. The molecule has 2 aliphatic rings. The van der Waals surface area contributed by atoms with E-state index >= 15 is 0 Å². The molecule has 0 unspecified atom stereocenters. The number of amides is 2. The summed E-state index contributed by atoms with van der Waals surface area (Å²) in [5.41, 5.74) is -0.693. The molecule has 0 bridgehead atoms. The molecular formula is C16H18FNO3. The average Bonchev–Trinajstić information content (AvgIpc) is 2.60. The van der Waals surface area contributed by atoms with Gasteiger partial charge in [-0.25, -0.2) is 9.29 Å². The Bertz CT molecular complexity index is 591. The third kappa shape index (κ3) is 2.30. The van der Waals surface area contributed by atoms with Gasteiger partial charge in [-0.3, -0.25) is 9.59 Å². The Balaban J connectivity index is 1.97. The van der Waals surface area contributed by atoms with Crippen LogP contribution in [0.15, 0.2) is 18.2 Å². The highest BCUT2D eigenvalue weighted by molar-refractivity contribution is 6.22. The summed E-state index contributed by atoms with van der Waals surface area (Å²) in [5.74, 6) is -1.59. The first-order valence-corrected chi connectivity index (χ1v) is 7.39. The molecule has 2 amide bonds. The summed E-state index contributed by atoms with van der Waals surface area (Å²) in [6, 6.07) is 3.50. The minimum absolute atomic E-state index is 0.0519. The molecule has 2 fully saturated rings. The van der Waals surface area contributed by atoms with E-state index in [1.165, 1.54) is 12.1 Å². The number of rotatable bonds is 1. The molecule has 3 rings (SSSR count). The van der Waals surface area contributed by atoms with E-state index in [0.29, 0.717) is 12.8 Å². The number of phenolic OH excluding ortho intramolecular Hbond substituents is 1. The molecule has 0 radical (unpaired) electrons. The van der Waals surface area contributed by atoms with Gasteiger partial charge in [-0.2, -0.15) is 0 Å². The highest BCUT2D eigenvalue weighted by Crippen LogP contribution is 2.46. The Morgan fingerprint density at radius 2 is 1.76 bits per heavy atom. The van der Waals surface area contributed by atoms with Crippen LogP contribution >= 0.6 is 0 Å². The summed E-state index contributed by atoms with van der Waals surface area (Å²) in [4.78, 5) is 26.0. The molecule has 1 saturated heterocycles. The van der Waals surface area contributed by atoms with Crippen LogP contribution in [0.5, 0.6) is 5.75 Å². The number of halogens is 1. The molecule has 112 valence electrons. The Kier molecular flexibility index (Phi) is 3.43. The molecular weight excluding hydrogens is 273 g/mol. The Morgan fingerprint density at radius 1 is 1.10 bits per heavy atom. The van der Waals surface area contributed by atoms with Gasteiger partial charge >= 0.3 is 0 Å². The smallest absolute Gasteiger partial charge is 0.240 e. The number of carbonyl (C=O) groups is 2. The van der Waals surface area contributed by atoms with Crippen molar-refractivity contribution in [1.82, 2.24) is 0 Å². The Hall–Kier alpha value is -1.91. The van der Waals surface area contributed by atoms with Gasteiger partial charge in [-0.15, -0.1) is 0 Å². The first-order valence-electron chi connectivity index (χ1n) is 7.39. The van der Waals surface area contributed by atoms with Crippen LogP contribution in [-0.4, -0.2) is 16.9 Å². The van der Waals surface area contributed by atoms with Gasteiger partial charge in [-0.05, 0) is 25.0 Å². The normalized spacial score (nSPS) is 21.9. The average molecular weight is 291 g/mol. The van der Waals surface area contributed by atoms with Gasteiger partial charge in [0.15, 0.2) is 5.82 Å². The van der Waals surface area contributed by atoms with Crippen LogP contribution in [0.3, 0.4) is 0 Å². The van der Waals surface area contributed by atoms with Crippen molar-refractivity contribution in [1.29, 1.82) is 0 Å². The van der Waals surface area contributed by atoms with Crippen molar-refractivity contribution in [2.45, 2.75) is 44.9 Å². The van der Waals surface area contributed by atoms with Crippen molar-refractivity contribution in [2.24, 2.45) is 5.41 Å². The van der Waals surface area contributed by atoms with Crippen LogP contribution in [-0.2, 0) is 9.59 Å². The highest BCUT2D eigenvalue weighted by Gasteiger charge is 2.51. The van der Waals surface area contributed by atoms with Crippen molar-refractivity contribution < 1.29 is 19.1 Å². The number of nitrogens with zero attached hydrogens (tertiary/aromatic N) is 1. The molecule has 5 heteroatoms. The number of carbonyl (C=O) groups excluding carboxylic acids is 2. The SMILES string of the molecule is O=C1CC2(CCCCCC2)C(=O)N1c1ccc(O)cc1F. The topological polar surface area (TPSA) is 57.6 Å². The fourth-order valence-electron chi connectivity index (χ4n) is 3.51. The summed E-state index contributed by atoms with van der Waals surface area (Å²) in [5, 5.41) is 9.26. The molecule has 1 aromatic carbocycles. The van der Waals surface area contributed by atoms with Gasteiger partial charge in [0.1, 0.15) is 5.75 Å². The number of phenols is 1. The predicted octanol–water partition coefficient (Wildman–Crippen LogP) is 3.14. The number of anilines is 1. The van der Waals surface area contributed by atoms with Crippen LogP contribution in [0, 0.1) is 11.2 Å². The zero-order chi connectivity index (χ0) is 15.0. The predicted molar refractivity (Wildman–Crippen MR) is 75.3 cm³/mol. The van der Waals surface area contributed by atoms with E-state index in [0.717, 1.165) is 36.6 Å². The van der Waals surface area contributed by atoms with E-state index in [1.54, 1.807) is 0 Å². The molecule has 1 aliphatic heterocycles. The van der Waals surface area contributed by atoms with Gasteiger partial charge < -0.3 is 5.11 Å². The Morgan fingerprint density at radius 3 is 2.38 bits per heavy atom. The van der Waals surface area contributed by atoms with Crippen molar-refractivity contribution in [2.75, 3.05) is 4.90 Å². The van der Waals surface area contributed by atoms with E-state index in [9.17, 15) is 19.1 Å². The molecule has 1 aromatic rings. The molecule has 1 saturated carbocycles. The van der Waals surface area contributed by atoms with E-state index in [-0.39, 0.29) is 29.7 Å². The summed E-state index contributed by atoms with van der Waals surface area (Å²) in [6.07, 6.45) is 5.61. The number of imide groups is 1. The van der Waals surface area contributed by atoms with Gasteiger partial charge in [0.2, 0.25) is 11.8 Å². The van der Waals surface area contributed by atoms with Crippen LogP contribution in [0.4, 0.5) is 10.1 Å². The third-order valence-electron chi connectivity index (χ3n) is 4.63.